The van der Waals surface area contributed by atoms with Crippen LogP contribution >= 0.6 is 0 Å². The van der Waals surface area contributed by atoms with Crippen molar-refractivity contribution in [3.05, 3.63) is 106 Å². The van der Waals surface area contributed by atoms with Crippen molar-refractivity contribution in [2.24, 2.45) is 7.05 Å². The first kappa shape index (κ1) is 21.7. The molecule has 6 nitrogen and oxygen atoms in total. The summed E-state index contributed by atoms with van der Waals surface area (Å²) in [4.78, 5) is 36.1. The number of aromatic nitrogens is 4. The molecule has 7 rings (SSSR count). The van der Waals surface area contributed by atoms with Gasteiger partial charge < -0.3 is 4.57 Å². The number of aldehydes is 1. The summed E-state index contributed by atoms with van der Waals surface area (Å²) >= 11 is 0. The van der Waals surface area contributed by atoms with Crippen LogP contribution in [0.4, 0.5) is 0 Å². The minimum Gasteiger partial charge on any atom is -0.327 e. The van der Waals surface area contributed by atoms with Gasteiger partial charge in [0, 0.05) is 37.4 Å². The van der Waals surface area contributed by atoms with Crippen LogP contribution in [0.1, 0.15) is 45.6 Å². The van der Waals surface area contributed by atoms with E-state index in [-0.39, 0.29) is 5.91 Å². The molecule has 0 fully saturated rings. The molecule has 0 spiro atoms. The number of carbonyl (C=O) groups excluding carboxylic acids is 2. The van der Waals surface area contributed by atoms with Crippen molar-refractivity contribution in [1.29, 1.82) is 0 Å². The number of carbonyl (C=O) groups is 2. The molecule has 1 aliphatic heterocycles. The first-order chi connectivity index (χ1) is 18.0. The predicted octanol–water partition coefficient (Wildman–Crippen LogP) is 5.26. The van der Waals surface area contributed by atoms with Crippen LogP contribution in [-0.4, -0.2) is 31.3 Å². The zero-order valence-electron chi connectivity index (χ0n) is 20.7. The molecule has 0 unspecified atom stereocenters. The Morgan fingerprint density at radius 2 is 1.76 bits per heavy atom. The van der Waals surface area contributed by atoms with Crippen LogP contribution < -0.4 is 0 Å². The maximum Gasteiger partial charge on any atom is 0.264 e. The normalized spacial score (nSPS) is 18.9. The molecule has 0 N–H and O–H groups in total. The van der Waals surface area contributed by atoms with Crippen molar-refractivity contribution in [1.82, 2.24) is 19.1 Å². The van der Waals surface area contributed by atoms with E-state index in [0.717, 1.165) is 62.4 Å². The number of imidazole rings is 2. The molecular formula is C31H24N4O2. The molecule has 4 aromatic rings. The third kappa shape index (κ3) is 3.18. The number of aryl methyl sites for hydroxylation is 1. The third-order valence-corrected chi connectivity index (χ3v) is 7.64. The molecule has 2 aromatic heterocycles. The number of rotatable bonds is 2. The Kier molecular flexibility index (Phi) is 4.67. The Bertz CT molecular complexity index is 1810. The van der Waals surface area contributed by atoms with Gasteiger partial charge in [-0.25, -0.2) is 9.97 Å². The average Bonchev–Trinajstić information content (AvgIpc) is 3.30. The maximum atomic E-state index is 14.2. The van der Waals surface area contributed by atoms with Gasteiger partial charge >= 0.3 is 0 Å². The highest BCUT2D eigenvalue weighted by molar-refractivity contribution is 6.03. The van der Waals surface area contributed by atoms with Crippen molar-refractivity contribution in [3.8, 4) is 11.4 Å². The van der Waals surface area contributed by atoms with E-state index in [1.807, 2.05) is 62.5 Å². The summed E-state index contributed by atoms with van der Waals surface area (Å²) in [6.45, 7) is 2.04. The molecule has 180 valence electrons. The summed E-state index contributed by atoms with van der Waals surface area (Å²) in [5, 5.41) is 0. The summed E-state index contributed by atoms with van der Waals surface area (Å²) in [5.74, 6) is 1.41. The second-order valence-corrected chi connectivity index (χ2v) is 9.91. The first-order valence-electron chi connectivity index (χ1n) is 12.5. The molecule has 0 saturated carbocycles. The fourth-order valence-corrected chi connectivity index (χ4v) is 5.80. The van der Waals surface area contributed by atoms with Gasteiger partial charge in [-0.2, -0.15) is 0 Å². The number of allylic oxidation sites excluding steroid dienone is 7. The lowest BCUT2D eigenvalue weighted by Crippen LogP contribution is -2.17. The monoisotopic (exact) mass is 484 g/mol. The lowest BCUT2D eigenvalue weighted by molar-refractivity contribution is -0.105. The maximum absolute atomic E-state index is 14.2. The fourth-order valence-electron chi connectivity index (χ4n) is 5.80. The SMILES string of the molecule is CC1=Cc2nc3n(c2CC=C1)C(=O)c1ccc(-c2nc4ccccc4n2C)c2c1C/C3=C\C=C(\C=O)C2. The smallest absolute Gasteiger partial charge is 0.264 e. The summed E-state index contributed by atoms with van der Waals surface area (Å²) < 4.78 is 3.86. The molecule has 3 heterocycles. The van der Waals surface area contributed by atoms with E-state index in [9.17, 15) is 9.59 Å². The summed E-state index contributed by atoms with van der Waals surface area (Å²) in [7, 11) is 2.01. The van der Waals surface area contributed by atoms with Gasteiger partial charge in [-0.05, 0) is 59.0 Å². The minimum absolute atomic E-state index is 0.0733. The number of benzene rings is 2. The van der Waals surface area contributed by atoms with Gasteiger partial charge in [0.25, 0.3) is 5.91 Å². The Balaban J connectivity index is 1.51. The molecule has 37 heavy (non-hydrogen) atoms. The van der Waals surface area contributed by atoms with E-state index in [0.29, 0.717) is 36.2 Å². The predicted molar refractivity (Wildman–Crippen MR) is 144 cm³/mol. The first-order valence-corrected chi connectivity index (χ1v) is 12.5. The zero-order valence-corrected chi connectivity index (χ0v) is 20.7. The molecule has 6 heteroatoms. The van der Waals surface area contributed by atoms with E-state index in [1.165, 1.54) is 0 Å². The van der Waals surface area contributed by atoms with Crippen LogP contribution in [0.5, 0.6) is 0 Å². The van der Waals surface area contributed by atoms with E-state index < -0.39 is 0 Å². The number of para-hydroxylation sites is 2. The fraction of sp³-hybridized carbons (Fsp3) is 0.161. The highest BCUT2D eigenvalue weighted by Gasteiger charge is 2.32. The van der Waals surface area contributed by atoms with E-state index in [1.54, 1.807) is 4.57 Å². The Labute approximate surface area is 214 Å². The zero-order chi connectivity index (χ0) is 25.3. The van der Waals surface area contributed by atoms with Crippen LogP contribution in [0.2, 0.25) is 0 Å². The standard InChI is InChI=1S/C31H24N4O2/c1-18-6-5-9-28-26(14-18)33-29-20-11-10-19(17-36)15-23-21(12-13-22(24(23)16-20)31(37)35(28)29)30-32-25-7-3-4-8-27(25)34(30)2/h3-8,10-14,17H,9,15-16H2,1-2H3/b19-10+,20-11+. The third-order valence-electron chi connectivity index (χ3n) is 7.64. The number of fused-ring (bicyclic) bond motifs is 6. The van der Waals surface area contributed by atoms with Gasteiger partial charge in [0.05, 0.1) is 22.4 Å². The highest BCUT2D eigenvalue weighted by atomic mass is 16.2. The van der Waals surface area contributed by atoms with Crippen LogP contribution in [0, 0.1) is 0 Å². The molecule has 3 aliphatic rings. The summed E-state index contributed by atoms with van der Waals surface area (Å²) in [5.41, 5.74) is 9.87. The van der Waals surface area contributed by atoms with Crippen LogP contribution in [0.3, 0.4) is 0 Å². The number of nitrogens with zero attached hydrogens (tertiary/aromatic N) is 4. The molecule has 2 aromatic carbocycles. The number of hydrogen-bond acceptors (Lipinski definition) is 4. The molecule has 2 bridgehead atoms. The van der Waals surface area contributed by atoms with Crippen molar-refractivity contribution < 1.29 is 9.59 Å². The van der Waals surface area contributed by atoms with Crippen molar-refractivity contribution >= 4 is 34.9 Å². The van der Waals surface area contributed by atoms with Crippen LogP contribution in [0.15, 0.2) is 71.8 Å². The van der Waals surface area contributed by atoms with Gasteiger partial charge in [-0.15, -0.1) is 0 Å². The molecule has 0 radical (unpaired) electrons. The van der Waals surface area contributed by atoms with E-state index >= 15 is 0 Å². The molecule has 0 atom stereocenters. The molecular weight excluding hydrogens is 460 g/mol. The molecule has 0 saturated heterocycles. The van der Waals surface area contributed by atoms with Gasteiger partial charge in [0.2, 0.25) is 0 Å². The van der Waals surface area contributed by atoms with Crippen molar-refractivity contribution in [2.75, 3.05) is 0 Å². The van der Waals surface area contributed by atoms with Gasteiger partial charge in [-0.3, -0.25) is 14.2 Å². The molecule has 2 aliphatic carbocycles. The van der Waals surface area contributed by atoms with Crippen LogP contribution in [-0.2, 0) is 31.1 Å². The highest BCUT2D eigenvalue weighted by Crippen LogP contribution is 2.39. The van der Waals surface area contributed by atoms with Crippen molar-refractivity contribution in [3.63, 3.8) is 0 Å². The second-order valence-electron chi connectivity index (χ2n) is 9.91. The van der Waals surface area contributed by atoms with Gasteiger partial charge in [-0.1, -0.05) is 42.5 Å². The van der Waals surface area contributed by atoms with E-state index in [4.69, 9.17) is 9.97 Å². The largest absolute Gasteiger partial charge is 0.327 e. The quantitative estimate of drug-likeness (QED) is 0.364. The summed E-state index contributed by atoms with van der Waals surface area (Å²) in [6.07, 6.45) is 12.5. The minimum atomic E-state index is -0.0733. The molecule has 0 amide bonds. The van der Waals surface area contributed by atoms with Crippen LogP contribution in [0.25, 0.3) is 34.1 Å². The Hall–Kier alpha value is -4.58. The van der Waals surface area contributed by atoms with E-state index in [2.05, 4.69) is 22.8 Å². The second kappa shape index (κ2) is 7.96. The number of hydrogen-bond donors (Lipinski definition) is 0. The average molecular weight is 485 g/mol. The lowest BCUT2D eigenvalue weighted by Gasteiger charge is -2.19. The Morgan fingerprint density at radius 1 is 0.946 bits per heavy atom. The van der Waals surface area contributed by atoms with Gasteiger partial charge in [0.1, 0.15) is 17.9 Å². The Morgan fingerprint density at radius 3 is 2.59 bits per heavy atom. The summed E-state index contributed by atoms with van der Waals surface area (Å²) in [6, 6.07) is 12.0. The lowest BCUT2D eigenvalue weighted by atomic mass is 9.86. The topological polar surface area (TPSA) is 69.8 Å². The van der Waals surface area contributed by atoms with Crippen molar-refractivity contribution in [2.45, 2.75) is 26.2 Å². The van der Waals surface area contributed by atoms with Gasteiger partial charge in [0.15, 0.2) is 0 Å².